The number of nitrogens with zero attached hydrogens (tertiary/aromatic N) is 3. The Labute approximate surface area is 157 Å². The van der Waals surface area contributed by atoms with Gasteiger partial charge in [-0.05, 0) is 49.2 Å². The maximum Gasteiger partial charge on any atom is 0.258 e. The Morgan fingerprint density at radius 1 is 1.07 bits per heavy atom. The first-order valence-corrected chi connectivity index (χ1v) is 9.39. The van der Waals surface area contributed by atoms with Crippen LogP contribution in [0.3, 0.4) is 0 Å². The van der Waals surface area contributed by atoms with E-state index in [1.165, 1.54) is 5.56 Å². The standard InChI is InChI=1S/C21H21N3O3/c25-21-13-16(22-20-5-1-2-9-24(20)21)14-23-8-3-4-17(23)15-6-7-18-19(12-15)27-11-10-26-18/h1-2,5-7,9,12-13,17H,3-4,8,10-11,14H2/t17-/m0/s1. The summed E-state index contributed by atoms with van der Waals surface area (Å²) >= 11 is 0. The van der Waals surface area contributed by atoms with Crippen molar-refractivity contribution >= 4 is 5.65 Å². The lowest BCUT2D eigenvalue weighted by molar-refractivity contribution is 0.170. The number of hydrogen-bond donors (Lipinski definition) is 0. The molecular weight excluding hydrogens is 342 g/mol. The van der Waals surface area contributed by atoms with Crippen molar-refractivity contribution in [2.24, 2.45) is 0 Å². The zero-order valence-electron chi connectivity index (χ0n) is 15.0. The second kappa shape index (κ2) is 6.70. The van der Waals surface area contributed by atoms with Gasteiger partial charge in [-0.2, -0.15) is 0 Å². The fraction of sp³-hybridized carbons (Fsp3) is 0.333. The topological polar surface area (TPSA) is 56.1 Å². The molecule has 6 heteroatoms. The molecule has 0 N–H and O–H groups in total. The molecule has 0 spiro atoms. The third-order valence-corrected chi connectivity index (χ3v) is 5.30. The van der Waals surface area contributed by atoms with Gasteiger partial charge in [0.1, 0.15) is 18.9 Å². The van der Waals surface area contributed by atoms with Gasteiger partial charge in [0.2, 0.25) is 0 Å². The summed E-state index contributed by atoms with van der Waals surface area (Å²) in [5.74, 6) is 1.64. The molecule has 0 unspecified atom stereocenters. The summed E-state index contributed by atoms with van der Waals surface area (Å²) in [5, 5.41) is 0. The molecule has 1 aromatic carbocycles. The smallest absolute Gasteiger partial charge is 0.258 e. The van der Waals surface area contributed by atoms with Crippen molar-refractivity contribution in [2.75, 3.05) is 19.8 Å². The molecule has 5 rings (SSSR count). The molecule has 0 bridgehead atoms. The molecule has 2 aliphatic rings. The van der Waals surface area contributed by atoms with Crippen molar-refractivity contribution in [3.05, 3.63) is 70.3 Å². The fourth-order valence-electron chi connectivity index (χ4n) is 4.05. The lowest BCUT2D eigenvalue weighted by Gasteiger charge is -2.26. The molecule has 3 aromatic rings. The predicted octanol–water partition coefficient (Wildman–Crippen LogP) is 2.80. The SMILES string of the molecule is O=c1cc(CN2CCC[C@H]2c2ccc3c(c2)OCCO3)nc2ccccn12. The first kappa shape index (κ1) is 16.3. The zero-order valence-corrected chi connectivity index (χ0v) is 15.0. The van der Waals surface area contributed by atoms with Crippen LogP contribution in [0.5, 0.6) is 11.5 Å². The summed E-state index contributed by atoms with van der Waals surface area (Å²) in [6.45, 7) is 2.86. The number of rotatable bonds is 3. The van der Waals surface area contributed by atoms with Crippen LogP contribution in [0.1, 0.15) is 30.1 Å². The molecule has 0 aliphatic carbocycles. The van der Waals surface area contributed by atoms with Crippen molar-refractivity contribution in [1.29, 1.82) is 0 Å². The largest absolute Gasteiger partial charge is 0.486 e. The summed E-state index contributed by atoms with van der Waals surface area (Å²) in [4.78, 5) is 19.4. The lowest BCUT2D eigenvalue weighted by Crippen LogP contribution is -2.25. The number of benzene rings is 1. The molecule has 1 saturated heterocycles. The van der Waals surface area contributed by atoms with Crippen LogP contribution in [0.15, 0.2) is 53.5 Å². The van der Waals surface area contributed by atoms with E-state index < -0.39 is 0 Å². The van der Waals surface area contributed by atoms with Crippen LogP contribution in [0.2, 0.25) is 0 Å². The molecule has 0 radical (unpaired) electrons. The Kier molecular flexibility index (Phi) is 4.05. The van der Waals surface area contributed by atoms with E-state index in [2.05, 4.69) is 22.0 Å². The quantitative estimate of drug-likeness (QED) is 0.716. The van der Waals surface area contributed by atoms with E-state index in [1.54, 1.807) is 16.7 Å². The molecule has 0 amide bonds. The van der Waals surface area contributed by atoms with Crippen molar-refractivity contribution < 1.29 is 9.47 Å². The number of aromatic nitrogens is 2. The maximum atomic E-state index is 12.4. The maximum absolute atomic E-state index is 12.4. The normalized spacial score (nSPS) is 19.5. The second-order valence-electron chi connectivity index (χ2n) is 7.05. The van der Waals surface area contributed by atoms with Gasteiger partial charge in [-0.3, -0.25) is 14.1 Å². The highest BCUT2D eigenvalue weighted by atomic mass is 16.6. The molecule has 27 heavy (non-hydrogen) atoms. The summed E-state index contributed by atoms with van der Waals surface area (Å²) in [6.07, 6.45) is 3.97. The van der Waals surface area contributed by atoms with Crippen LogP contribution in [0.4, 0.5) is 0 Å². The summed E-state index contributed by atoms with van der Waals surface area (Å²) < 4.78 is 12.9. The minimum absolute atomic E-state index is 0.0364. The molecule has 2 aliphatic heterocycles. The predicted molar refractivity (Wildman–Crippen MR) is 101 cm³/mol. The molecule has 0 saturated carbocycles. The Bertz CT molecular complexity index is 1050. The van der Waals surface area contributed by atoms with E-state index in [-0.39, 0.29) is 5.56 Å². The van der Waals surface area contributed by atoms with Gasteiger partial charge in [-0.25, -0.2) is 4.98 Å². The van der Waals surface area contributed by atoms with Crippen molar-refractivity contribution in [3.63, 3.8) is 0 Å². The molecular formula is C21H21N3O3. The minimum atomic E-state index is -0.0364. The van der Waals surface area contributed by atoms with Crippen LogP contribution < -0.4 is 15.0 Å². The molecule has 138 valence electrons. The van der Waals surface area contributed by atoms with Crippen molar-refractivity contribution in [1.82, 2.24) is 14.3 Å². The first-order chi connectivity index (χ1) is 13.3. The molecule has 4 heterocycles. The van der Waals surface area contributed by atoms with Crippen LogP contribution in [0.25, 0.3) is 5.65 Å². The van der Waals surface area contributed by atoms with Gasteiger partial charge in [-0.15, -0.1) is 0 Å². The molecule has 1 fully saturated rings. The van der Waals surface area contributed by atoms with Crippen LogP contribution in [-0.4, -0.2) is 34.0 Å². The van der Waals surface area contributed by atoms with E-state index >= 15 is 0 Å². The Morgan fingerprint density at radius 3 is 2.89 bits per heavy atom. The average molecular weight is 363 g/mol. The van der Waals surface area contributed by atoms with Crippen LogP contribution >= 0.6 is 0 Å². The number of hydrogen-bond acceptors (Lipinski definition) is 5. The monoisotopic (exact) mass is 363 g/mol. The Hall–Kier alpha value is -2.86. The zero-order chi connectivity index (χ0) is 18.2. The Morgan fingerprint density at radius 2 is 1.96 bits per heavy atom. The van der Waals surface area contributed by atoms with E-state index in [1.807, 2.05) is 24.3 Å². The number of pyridine rings is 1. The highest BCUT2D eigenvalue weighted by molar-refractivity contribution is 5.45. The lowest BCUT2D eigenvalue weighted by atomic mass is 10.0. The van der Waals surface area contributed by atoms with E-state index in [4.69, 9.17) is 9.47 Å². The van der Waals surface area contributed by atoms with Gasteiger partial charge in [-0.1, -0.05) is 12.1 Å². The minimum Gasteiger partial charge on any atom is -0.486 e. The van der Waals surface area contributed by atoms with Gasteiger partial charge in [0, 0.05) is 24.8 Å². The summed E-state index contributed by atoms with van der Waals surface area (Å²) in [5.41, 5.74) is 2.70. The van der Waals surface area contributed by atoms with Crippen molar-refractivity contribution in [3.8, 4) is 11.5 Å². The van der Waals surface area contributed by atoms with Gasteiger partial charge in [0.05, 0.1) is 5.69 Å². The van der Waals surface area contributed by atoms with E-state index in [0.717, 1.165) is 36.6 Å². The number of fused-ring (bicyclic) bond motifs is 2. The first-order valence-electron chi connectivity index (χ1n) is 9.39. The third-order valence-electron chi connectivity index (χ3n) is 5.30. The van der Waals surface area contributed by atoms with E-state index in [0.29, 0.717) is 31.4 Å². The molecule has 2 aromatic heterocycles. The van der Waals surface area contributed by atoms with Gasteiger partial charge in [0.15, 0.2) is 11.5 Å². The van der Waals surface area contributed by atoms with E-state index in [9.17, 15) is 4.79 Å². The number of ether oxygens (including phenoxy) is 2. The van der Waals surface area contributed by atoms with Gasteiger partial charge < -0.3 is 9.47 Å². The second-order valence-corrected chi connectivity index (χ2v) is 7.05. The third kappa shape index (κ3) is 3.06. The Balaban J connectivity index is 1.43. The van der Waals surface area contributed by atoms with Crippen LogP contribution in [0, 0.1) is 0 Å². The molecule has 1 atom stereocenters. The molecule has 6 nitrogen and oxygen atoms in total. The summed E-state index contributed by atoms with van der Waals surface area (Å²) in [6, 6.07) is 13.8. The highest BCUT2D eigenvalue weighted by Crippen LogP contribution is 2.38. The number of likely N-dealkylation sites (tertiary alicyclic amines) is 1. The van der Waals surface area contributed by atoms with Gasteiger partial charge in [0.25, 0.3) is 5.56 Å². The highest BCUT2D eigenvalue weighted by Gasteiger charge is 2.27. The fourth-order valence-corrected chi connectivity index (χ4v) is 4.05. The van der Waals surface area contributed by atoms with Crippen LogP contribution in [-0.2, 0) is 6.54 Å². The summed E-state index contributed by atoms with van der Waals surface area (Å²) in [7, 11) is 0. The van der Waals surface area contributed by atoms with Gasteiger partial charge >= 0.3 is 0 Å². The average Bonchev–Trinajstić information content (AvgIpc) is 3.16. The van der Waals surface area contributed by atoms with Crippen molar-refractivity contribution in [2.45, 2.75) is 25.4 Å².